The number of imide groups is 1. The lowest BCUT2D eigenvalue weighted by atomic mass is 9.87. The van der Waals surface area contributed by atoms with E-state index in [2.05, 4.69) is 65.4 Å². The Kier molecular flexibility index (Phi) is 24.3. The van der Waals surface area contributed by atoms with Gasteiger partial charge in [-0.15, -0.1) is 0 Å². The van der Waals surface area contributed by atoms with Gasteiger partial charge >= 0.3 is 12.0 Å². The summed E-state index contributed by atoms with van der Waals surface area (Å²) in [5.74, 6) is 0.0831. The van der Waals surface area contributed by atoms with Gasteiger partial charge in [0.15, 0.2) is 5.60 Å². The molecule has 105 heavy (non-hydrogen) atoms. The number of piperidine rings is 2. The molecule has 4 fully saturated rings. The Labute approximate surface area is 605 Å². The number of ether oxygens (including phenoxy) is 3. The summed E-state index contributed by atoms with van der Waals surface area (Å²) in [6.45, 7) is 3.53. The first-order valence-corrected chi connectivity index (χ1v) is 35.1. The molecule has 9 amide bonds. The predicted molar refractivity (Wildman–Crippen MR) is 389 cm³/mol. The molecule has 552 valence electrons. The largest absolute Gasteiger partial charge is 0.495 e. The number of hydrogen-bond donors (Lipinski definition) is 10. The zero-order chi connectivity index (χ0) is 74.4. The van der Waals surface area contributed by atoms with Crippen molar-refractivity contribution in [1.82, 2.24) is 61.2 Å². The lowest BCUT2D eigenvalue weighted by Gasteiger charge is -2.45. The number of carboxylic acid groups (broad SMARTS) is 1. The van der Waals surface area contributed by atoms with E-state index < -0.39 is 104 Å². The summed E-state index contributed by atoms with van der Waals surface area (Å²) >= 11 is 0. The number of carboxylic acids is 1. The Hall–Kier alpha value is -11.1. The molecule has 3 aliphatic heterocycles. The normalized spacial score (nSPS) is 16.7. The number of H-pyrrole nitrogens is 1. The van der Waals surface area contributed by atoms with E-state index in [1.807, 2.05) is 66.9 Å². The number of amides is 9. The number of aromatic amines is 1. The van der Waals surface area contributed by atoms with Crippen molar-refractivity contribution in [2.24, 2.45) is 24.4 Å². The smallest absolute Gasteiger partial charge is 0.332 e. The third-order valence-corrected chi connectivity index (χ3v) is 19.5. The molecule has 3 aromatic heterocycles. The van der Waals surface area contributed by atoms with E-state index in [0.717, 1.165) is 84.2 Å². The number of primary amides is 1. The van der Waals surface area contributed by atoms with Gasteiger partial charge < -0.3 is 82.0 Å². The number of nitrogens with one attached hydrogen (secondary N) is 7. The average molecular weight is 1440 g/mol. The molecule has 3 atom stereocenters. The molecule has 7 aromatic rings. The van der Waals surface area contributed by atoms with E-state index in [-0.39, 0.29) is 56.5 Å². The van der Waals surface area contributed by atoms with Crippen LogP contribution in [-0.4, -0.2) is 198 Å². The number of aliphatic carboxylic acids is 1. The predicted octanol–water partition coefficient (Wildman–Crippen LogP) is 2.58. The van der Waals surface area contributed by atoms with Crippen LogP contribution in [0.2, 0.25) is 0 Å². The van der Waals surface area contributed by atoms with Crippen LogP contribution < -0.4 is 63.5 Å². The number of aromatic nitrogens is 4. The SMILES string of the molecule is COc1ccc(C#CCNC2(C)CCN(C3CCN(c4nc([C@@](COCNC(=O)CNC(=O)[C@H](Cc5ccccc5)NC(=O)CNC(=O)CN)(OC5CC5)c5ccccc5)c5cc(-c6cn(C)c(=O)c7[nH]ccc67)ccc5n4)CC3)CC2)cc1N1CCC(=O)N(CNC(=O)[C@@H](CC(N)=O)CC(=O)O)C1=O. The van der Waals surface area contributed by atoms with Crippen molar-refractivity contribution in [3.8, 4) is 28.7 Å². The minimum absolute atomic E-state index is 0.0211. The first-order valence-electron chi connectivity index (χ1n) is 35.1. The summed E-state index contributed by atoms with van der Waals surface area (Å²) in [7, 11) is 3.17. The van der Waals surface area contributed by atoms with Gasteiger partial charge in [-0.3, -0.25) is 48.1 Å². The van der Waals surface area contributed by atoms with Gasteiger partial charge in [-0.25, -0.2) is 19.7 Å². The maximum absolute atomic E-state index is 13.9. The second-order valence-corrected chi connectivity index (χ2v) is 27.0. The van der Waals surface area contributed by atoms with Crippen LogP contribution in [0.15, 0.2) is 120 Å². The quantitative estimate of drug-likeness (QED) is 0.0170. The zero-order valence-electron chi connectivity index (χ0n) is 58.9. The number of carbonyl (C=O) groups is 9. The molecule has 0 unspecified atom stereocenters. The Morgan fingerprint density at radius 3 is 2.24 bits per heavy atom. The highest BCUT2D eigenvalue weighted by Gasteiger charge is 2.45. The second-order valence-electron chi connectivity index (χ2n) is 27.0. The Morgan fingerprint density at radius 2 is 1.53 bits per heavy atom. The number of methoxy groups -OCH3 is 1. The second kappa shape index (κ2) is 34.0. The van der Waals surface area contributed by atoms with Crippen LogP contribution in [0.1, 0.15) is 87.1 Å². The van der Waals surface area contributed by atoms with Crippen LogP contribution in [0.4, 0.5) is 16.4 Å². The number of carbonyl (C=O) groups excluding carboxylic acids is 8. The summed E-state index contributed by atoms with van der Waals surface area (Å²) in [5, 5.41) is 27.3. The van der Waals surface area contributed by atoms with Crippen LogP contribution in [0.25, 0.3) is 32.9 Å². The van der Waals surface area contributed by atoms with Gasteiger partial charge in [0.1, 0.15) is 30.7 Å². The van der Waals surface area contributed by atoms with Gasteiger partial charge in [-0.2, -0.15) is 0 Å². The molecule has 30 nitrogen and oxygen atoms in total. The van der Waals surface area contributed by atoms with Crippen molar-refractivity contribution < 1.29 is 62.5 Å². The van der Waals surface area contributed by atoms with Crippen molar-refractivity contribution in [2.45, 2.75) is 100 Å². The van der Waals surface area contributed by atoms with Gasteiger partial charge in [0.25, 0.3) is 5.56 Å². The molecule has 3 saturated heterocycles. The van der Waals surface area contributed by atoms with Gasteiger partial charge in [0, 0.05) is 105 Å². The van der Waals surface area contributed by atoms with Crippen molar-refractivity contribution in [3.63, 3.8) is 0 Å². The Balaban J connectivity index is 0.763. The van der Waals surface area contributed by atoms with E-state index in [4.69, 9.17) is 35.6 Å². The van der Waals surface area contributed by atoms with E-state index >= 15 is 0 Å². The number of pyridine rings is 1. The minimum atomic E-state index is -1.38. The summed E-state index contributed by atoms with van der Waals surface area (Å²) < 4.78 is 21.0. The molecular formula is C75H88N16O14. The lowest BCUT2D eigenvalue weighted by Crippen LogP contribution is -2.56. The molecule has 1 saturated carbocycles. The molecule has 0 bridgehead atoms. The van der Waals surface area contributed by atoms with Crippen molar-refractivity contribution in [1.29, 1.82) is 0 Å². The van der Waals surface area contributed by atoms with Crippen LogP contribution in [-0.2, 0) is 66.9 Å². The van der Waals surface area contributed by atoms with E-state index in [0.29, 0.717) is 70.7 Å². The maximum atomic E-state index is 13.9. The van der Waals surface area contributed by atoms with E-state index in [1.165, 1.54) is 12.0 Å². The number of hydrogen-bond acceptors (Lipinski definition) is 19. The van der Waals surface area contributed by atoms with Crippen molar-refractivity contribution in [2.75, 3.05) is 95.8 Å². The van der Waals surface area contributed by atoms with Crippen LogP contribution in [0.5, 0.6) is 5.75 Å². The number of benzene rings is 4. The molecule has 0 spiro atoms. The number of anilines is 2. The fourth-order valence-electron chi connectivity index (χ4n) is 13.5. The summed E-state index contributed by atoms with van der Waals surface area (Å²) in [6, 6.07) is 30.3. The van der Waals surface area contributed by atoms with Gasteiger partial charge in [-0.1, -0.05) is 78.6 Å². The molecule has 30 heteroatoms. The first kappa shape index (κ1) is 75.1. The summed E-state index contributed by atoms with van der Waals surface area (Å²) in [6.07, 6.45) is 7.26. The molecule has 6 heterocycles. The molecule has 4 aromatic carbocycles. The third kappa shape index (κ3) is 18.6. The zero-order valence-corrected chi connectivity index (χ0v) is 58.9. The highest BCUT2D eigenvalue weighted by Crippen LogP contribution is 2.44. The van der Waals surface area contributed by atoms with Crippen LogP contribution >= 0.6 is 0 Å². The summed E-state index contributed by atoms with van der Waals surface area (Å²) in [4.78, 5) is 149. The van der Waals surface area contributed by atoms with Crippen LogP contribution in [0.3, 0.4) is 0 Å². The van der Waals surface area contributed by atoms with Gasteiger partial charge in [-0.05, 0) is 98.5 Å². The lowest BCUT2D eigenvalue weighted by molar-refractivity contribution is -0.142. The van der Waals surface area contributed by atoms with Crippen molar-refractivity contribution in [3.05, 3.63) is 148 Å². The number of aryl methyl sites for hydroxylation is 1. The average Bonchev–Trinajstić information content (AvgIpc) is 1.58. The number of likely N-dealkylation sites (tertiary alicyclic amines) is 1. The monoisotopic (exact) mass is 1440 g/mol. The molecule has 4 aliphatic rings. The fraction of sp³-hybridized carbons (Fsp3) is 0.413. The molecule has 12 N–H and O–H groups in total. The van der Waals surface area contributed by atoms with Gasteiger partial charge in [0.2, 0.25) is 47.3 Å². The standard InChI is InChI=1S/C75H88N16O14/c1-74(83-28-10-13-48-16-21-60(103-3)59(36-48)90-32-25-65(96)91(73(90)102)45-81-69(99)50(38-61(77)92)39-66(97)98)26-33-88(34-27-74)52-23-30-89(31-24-52)72-85-57-20-17-49(56-43-87(2)71(101)67-54(56)22-29-78-67)37-55(57)68(86-72)75(105-53-18-19-53,51-14-8-5-9-15-51)44-104-46-82-63(94)41-80-70(100)58(35-47-11-6-4-7-12-47)84-64(95)42-79-62(93)40-76/h4-9,11-12,14-17,20-22,29,36-37,43,50,52-53,58,78,83H,18-19,23-28,30-35,38-42,44-46,76H2,1-3H3,(H2,77,92)(H,79,93)(H,80,100)(H,81,99)(H,82,94)(H,84,95)(H,97,98)/t50-,58-,75-/m0/s1. The minimum Gasteiger partial charge on any atom is -0.495 e. The number of rotatable bonds is 31. The summed E-state index contributed by atoms with van der Waals surface area (Å²) in [5.41, 5.74) is 14.6. The maximum Gasteiger partial charge on any atom is 0.332 e. The topological polar surface area (TPSA) is 402 Å². The number of urea groups is 1. The molecule has 0 radical (unpaired) electrons. The Morgan fingerprint density at radius 1 is 0.800 bits per heavy atom. The number of nitrogens with two attached hydrogens (primary N) is 2. The molecular weight excluding hydrogens is 1350 g/mol. The highest BCUT2D eigenvalue weighted by atomic mass is 16.6. The first-order chi connectivity index (χ1) is 50.6. The highest BCUT2D eigenvalue weighted by molar-refractivity contribution is 6.07. The number of nitrogens with zero attached hydrogens (tertiary/aromatic N) is 7. The number of fused-ring (bicyclic) bond motifs is 2. The van der Waals surface area contributed by atoms with E-state index in [1.54, 1.807) is 60.3 Å². The fourth-order valence-corrected chi connectivity index (χ4v) is 13.5. The molecule has 11 rings (SSSR count). The van der Waals surface area contributed by atoms with Crippen molar-refractivity contribution >= 4 is 86.8 Å². The van der Waals surface area contributed by atoms with Crippen LogP contribution in [0, 0.1) is 17.8 Å². The Bertz CT molecular complexity index is 4490. The molecule has 1 aliphatic carbocycles. The van der Waals surface area contributed by atoms with E-state index in [9.17, 15) is 53.1 Å². The van der Waals surface area contributed by atoms with Gasteiger partial charge in [0.05, 0.1) is 75.2 Å². The third-order valence-electron chi connectivity index (χ3n) is 19.5.